The molecule has 0 fully saturated rings. The minimum Gasteiger partial charge on any atom is -0.377 e. The fraction of sp³-hybridized carbons (Fsp3) is 0.538. The monoisotopic (exact) mass is 319 g/mol. The van der Waals surface area contributed by atoms with E-state index in [-0.39, 0.29) is 12.1 Å². The summed E-state index contributed by atoms with van der Waals surface area (Å²) >= 11 is 9.44. The molecule has 0 aliphatic heterocycles. The molecule has 17 heavy (non-hydrogen) atoms. The van der Waals surface area contributed by atoms with Crippen LogP contribution in [0.5, 0.6) is 0 Å². The summed E-state index contributed by atoms with van der Waals surface area (Å²) in [4.78, 5) is 0. The first-order valence-corrected chi connectivity index (χ1v) is 7.01. The standard InChI is InChI=1S/C13H19BrClNO/c1-4-16-13(8-17-9(2)3)10-5-6-12(15)11(14)7-10/h5-7,9,13,16H,4,8H2,1-3H3. The average Bonchev–Trinajstić information content (AvgIpc) is 2.28. The van der Waals surface area contributed by atoms with E-state index in [1.807, 2.05) is 32.0 Å². The van der Waals surface area contributed by atoms with Gasteiger partial charge in [0.1, 0.15) is 0 Å². The average molecular weight is 321 g/mol. The quantitative estimate of drug-likeness (QED) is 0.849. The van der Waals surface area contributed by atoms with Crippen LogP contribution in [0.1, 0.15) is 32.4 Å². The molecule has 0 aromatic heterocycles. The van der Waals surface area contributed by atoms with Gasteiger partial charge in [-0.1, -0.05) is 24.6 Å². The van der Waals surface area contributed by atoms with Gasteiger partial charge in [-0.15, -0.1) is 0 Å². The van der Waals surface area contributed by atoms with Gasteiger partial charge in [-0.2, -0.15) is 0 Å². The molecule has 1 aromatic rings. The summed E-state index contributed by atoms with van der Waals surface area (Å²) in [7, 11) is 0. The van der Waals surface area contributed by atoms with E-state index >= 15 is 0 Å². The minimum absolute atomic E-state index is 0.205. The summed E-state index contributed by atoms with van der Waals surface area (Å²) in [6.07, 6.45) is 0.242. The lowest BCUT2D eigenvalue weighted by atomic mass is 10.1. The second-order valence-corrected chi connectivity index (χ2v) is 5.43. The van der Waals surface area contributed by atoms with Gasteiger partial charge in [0.2, 0.25) is 0 Å². The van der Waals surface area contributed by atoms with Gasteiger partial charge < -0.3 is 10.1 Å². The van der Waals surface area contributed by atoms with Crippen LogP contribution >= 0.6 is 27.5 Å². The summed E-state index contributed by atoms with van der Waals surface area (Å²) in [5.41, 5.74) is 1.18. The molecule has 0 aliphatic rings. The number of rotatable bonds is 6. The fourth-order valence-electron chi connectivity index (χ4n) is 1.54. The van der Waals surface area contributed by atoms with Crippen LogP contribution < -0.4 is 5.32 Å². The third kappa shape index (κ3) is 4.96. The molecule has 1 N–H and O–H groups in total. The summed E-state index contributed by atoms with van der Waals surface area (Å²) in [5, 5.41) is 4.14. The van der Waals surface area contributed by atoms with Crippen molar-refractivity contribution < 1.29 is 4.74 Å². The van der Waals surface area contributed by atoms with Crippen LogP contribution in [0.15, 0.2) is 22.7 Å². The largest absolute Gasteiger partial charge is 0.377 e. The molecular formula is C13H19BrClNO. The van der Waals surface area contributed by atoms with Crippen molar-refractivity contribution in [2.75, 3.05) is 13.2 Å². The molecule has 1 unspecified atom stereocenters. The third-order valence-electron chi connectivity index (χ3n) is 2.39. The molecule has 0 saturated carbocycles. The fourth-order valence-corrected chi connectivity index (χ4v) is 2.05. The first-order chi connectivity index (χ1) is 8.04. The van der Waals surface area contributed by atoms with Crippen molar-refractivity contribution >= 4 is 27.5 Å². The normalized spacial score (nSPS) is 13.1. The molecule has 2 nitrogen and oxygen atoms in total. The van der Waals surface area contributed by atoms with Crippen LogP contribution in [-0.2, 0) is 4.74 Å². The summed E-state index contributed by atoms with van der Waals surface area (Å²) in [5.74, 6) is 0. The molecule has 0 bridgehead atoms. The van der Waals surface area contributed by atoms with Gasteiger partial charge in [0.05, 0.1) is 23.8 Å². The van der Waals surface area contributed by atoms with E-state index in [1.165, 1.54) is 5.56 Å². The topological polar surface area (TPSA) is 21.3 Å². The maximum Gasteiger partial charge on any atom is 0.0664 e. The Labute approximate surface area is 117 Å². The van der Waals surface area contributed by atoms with Gasteiger partial charge in [-0.25, -0.2) is 0 Å². The molecule has 0 heterocycles. The zero-order valence-corrected chi connectivity index (χ0v) is 12.8. The second kappa shape index (κ2) is 7.37. The van der Waals surface area contributed by atoms with Crippen LogP contribution in [0.2, 0.25) is 5.02 Å². The van der Waals surface area contributed by atoms with Crippen molar-refractivity contribution in [1.29, 1.82) is 0 Å². The summed E-state index contributed by atoms with van der Waals surface area (Å²) < 4.78 is 6.59. The van der Waals surface area contributed by atoms with Crippen LogP contribution in [0.3, 0.4) is 0 Å². The van der Waals surface area contributed by atoms with Gasteiger partial charge in [0.15, 0.2) is 0 Å². The zero-order valence-electron chi connectivity index (χ0n) is 10.5. The molecule has 0 radical (unpaired) electrons. The predicted molar refractivity (Wildman–Crippen MR) is 76.7 cm³/mol. The van der Waals surface area contributed by atoms with Crippen LogP contribution in [0.25, 0.3) is 0 Å². The van der Waals surface area contributed by atoms with Crippen molar-refractivity contribution in [3.05, 3.63) is 33.3 Å². The van der Waals surface area contributed by atoms with Gasteiger partial charge in [0.25, 0.3) is 0 Å². The lowest BCUT2D eigenvalue weighted by molar-refractivity contribution is 0.0614. The molecule has 4 heteroatoms. The zero-order chi connectivity index (χ0) is 12.8. The first kappa shape index (κ1) is 15.0. The molecule has 96 valence electrons. The van der Waals surface area contributed by atoms with Crippen LogP contribution in [-0.4, -0.2) is 19.3 Å². The first-order valence-electron chi connectivity index (χ1n) is 5.84. The highest BCUT2D eigenvalue weighted by Gasteiger charge is 2.12. The lowest BCUT2D eigenvalue weighted by Gasteiger charge is -2.20. The van der Waals surface area contributed by atoms with Crippen molar-refractivity contribution in [3.63, 3.8) is 0 Å². The molecular weight excluding hydrogens is 302 g/mol. The number of ether oxygens (including phenoxy) is 1. The Morgan fingerprint density at radius 2 is 2.12 bits per heavy atom. The van der Waals surface area contributed by atoms with E-state index in [0.29, 0.717) is 6.61 Å². The Bertz CT molecular complexity index is 357. The van der Waals surface area contributed by atoms with Crippen molar-refractivity contribution in [1.82, 2.24) is 5.32 Å². The smallest absolute Gasteiger partial charge is 0.0664 e. The van der Waals surface area contributed by atoms with E-state index in [2.05, 4.69) is 28.2 Å². The Kier molecular flexibility index (Phi) is 6.49. The summed E-state index contributed by atoms with van der Waals surface area (Å²) in [6, 6.07) is 6.18. The van der Waals surface area contributed by atoms with Gasteiger partial charge in [-0.3, -0.25) is 0 Å². The summed E-state index contributed by atoms with van der Waals surface area (Å²) in [6.45, 7) is 7.75. The molecule has 0 amide bonds. The number of nitrogens with one attached hydrogen (secondary N) is 1. The van der Waals surface area contributed by atoms with Gasteiger partial charge >= 0.3 is 0 Å². The molecule has 0 aliphatic carbocycles. The van der Waals surface area contributed by atoms with Crippen molar-refractivity contribution in [3.8, 4) is 0 Å². The van der Waals surface area contributed by atoms with E-state index in [1.54, 1.807) is 0 Å². The van der Waals surface area contributed by atoms with E-state index < -0.39 is 0 Å². The molecule has 0 saturated heterocycles. The SMILES string of the molecule is CCNC(COC(C)C)c1ccc(Cl)c(Br)c1. The Morgan fingerprint density at radius 1 is 1.41 bits per heavy atom. The highest BCUT2D eigenvalue weighted by molar-refractivity contribution is 9.10. The van der Waals surface area contributed by atoms with Crippen LogP contribution in [0, 0.1) is 0 Å². The van der Waals surface area contributed by atoms with E-state index in [4.69, 9.17) is 16.3 Å². The maximum absolute atomic E-state index is 5.99. The van der Waals surface area contributed by atoms with Gasteiger partial charge in [0, 0.05) is 4.47 Å². The Hall–Kier alpha value is -0.0900. The highest BCUT2D eigenvalue weighted by atomic mass is 79.9. The third-order valence-corrected chi connectivity index (χ3v) is 3.61. The Morgan fingerprint density at radius 3 is 2.65 bits per heavy atom. The highest BCUT2D eigenvalue weighted by Crippen LogP contribution is 2.26. The number of benzene rings is 1. The number of likely N-dealkylation sites (N-methyl/N-ethyl adjacent to an activating group) is 1. The molecule has 0 spiro atoms. The molecule has 1 aromatic carbocycles. The number of hydrogen-bond acceptors (Lipinski definition) is 2. The van der Waals surface area contributed by atoms with Crippen molar-refractivity contribution in [2.24, 2.45) is 0 Å². The predicted octanol–water partition coefficient (Wildman–Crippen LogP) is 4.18. The lowest BCUT2D eigenvalue weighted by Crippen LogP contribution is -2.26. The number of halogens is 2. The number of hydrogen-bond donors (Lipinski definition) is 1. The molecule has 1 rings (SSSR count). The second-order valence-electron chi connectivity index (χ2n) is 4.17. The van der Waals surface area contributed by atoms with E-state index in [0.717, 1.165) is 16.0 Å². The maximum atomic E-state index is 5.99. The van der Waals surface area contributed by atoms with Crippen molar-refractivity contribution in [2.45, 2.75) is 32.9 Å². The minimum atomic E-state index is 0.205. The van der Waals surface area contributed by atoms with E-state index in [9.17, 15) is 0 Å². The van der Waals surface area contributed by atoms with Gasteiger partial charge in [-0.05, 0) is 54.0 Å². The molecule has 1 atom stereocenters. The Balaban J connectivity index is 2.77. The van der Waals surface area contributed by atoms with Crippen LogP contribution in [0.4, 0.5) is 0 Å².